The number of aliphatic hydroxyl groups excluding tert-OH is 1. The Hall–Kier alpha value is -2.14. The van der Waals surface area contributed by atoms with Gasteiger partial charge in [-0.2, -0.15) is 0 Å². The Morgan fingerprint density at radius 3 is 2.50 bits per heavy atom. The average molecular weight is 353 g/mol. The molecule has 1 aliphatic rings. The largest absolute Gasteiger partial charge is 0.497 e. The fraction of sp³-hybridized carbons (Fsp3) is 0.364. The molecule has 0 saturated carbocycles. The number of likely N-dealkylation sites (tertiary alicyclic amines) is 1. The second-order valence-corrected chi connectivity index (χ2v) is 6.70. The summed E-state index contributed by atoms with van der Waals surface area (Å²) in [4.78, 5) is 2.29. The van der Waals surface area contributed by atoms with Crippen molar-refractivity contribution in [3.8, 4) is 5.75 Å². The summed E-state index contributed by atoms with van der Waals surface area (Å²) in [5, 5.41) is 10.6. The third kappa shape index (κ3) is 4.52. The number of aliphatic hydroxyl groups is 1. The molecule has 1 N–H and O–H groups in total. The van der Waals surface area contributed by atoms with Crippen LogP contribution in [0.25, 0.3) is 0 Å². The lowest BCUT2D eigenvalue weighted by Gasteiger charge is -2.27. The summed E-state index contributed by atoms with van der Waals surface area (Å²) >= 11 is 0. The standard InChI is InChI=1S/C22H27NO3/c1-3-7-20-22(26-16-18-10-12-19(25-2)13-11-18)21(24)15-23(20)14-17-8-5-4-6-9-17/h3-6,8-13,20-22,24H,1,7,14-16H2,2H3/t20-,21+,22+/m0/s1. The van der Waals surface area contributed by atoms with E-state index in [2.05, 4.69) is 23.6 Å². The van der Waals surface area contributed by atoms with Crippen molar-refractivity contribution in [2.24, 2.45) is 0 Å². The summed E-state index contributed by atoms with van der Waals surface area (Å²) in [5.74, 6) is 0.827. The third-order valence-electron chi connectivity index (χ3n) is 4.89. The highest BCUT2D eigenvalue weighted by molar-refractivity contribution is 5.26. The monoisotopic (exact) mass is 353 g/mol. The fourth-order valence-corrected chi connectivity index (χ4v) is 3.53. The van der Waals surface area contributed by atoms with Gasteiger partial charge in [-0.05, 0) is 29.7 Å². The molecule has 1 aliphatic heterocycles. The average Bonchev–Trinajstić information content (AvgIpc) is 2.96. The molecule has 1 fully saturated rings. The summed E-state index contributed by atoms with van der Waals surface area (Å²) in [6, 6.07) is 18.3. The molecule has 2 aromatic rings. The van der Waals surface area contributed by atoms with Crippen LogP contribution in [0.2, 0.25) is 0 Å². The van der Waals surface area contributed by atoms with Crippen LogP contribution in [0.1, 0.15) is 17.5 Å². The van der Waals surface area contributed by atoms with E-state index in [-0.39, 0.29) is 12.1 Å². The minimum atomic E-state index is -0.498. The van der Waals surface area contributed by atoms with Gasteiger partial charge in [-0.3, -0.25) is 4.90 Å². The molecule has 4 heteroatoms. The highest BCUT2D eigenvalue weighted by Gasteiger charge is 2.40. The van der Waals surface area contributed by atoms with Gasteiger partial charge < -0.3 is 14.6 Å². The number of methoxy groups -OCH3 is 1. The fourth-order valence-electron chi connectivity index (χ4n) is 3.53. The van der Waals surface area contributed by atoms with Crippen LogP contribution in [0.15, 0.2) is 67.3 Å². The van der Waals surface area contributed by atoms with Crippen LogP contribution in [0.3, 0.4) is 0 Å². The van der Waals surface area contributed by atoms with Crippen molar-refractivity contribution in [1.29, 1.82) is 0 Å². The van der Waals surface area contributed by atoms with Gasteiger partial charge in [-0.25, -0.2) is 0 Å². The molecule has 3 atom stereocenters. The van der Waals surface area contributed by atoms with E-state index >= 15 is 0 Å². The predicted molar refractivity (Wildman–Crippen MR) is 103 cm³/mol. The molecule has 0 spiro atoms. The van der Waals surface area contributed by atoms with Crippen LogP contribution in [-0.4, -0.2) is 41.9 Å². The normalized spacial score (nSPS) is 23.1. The van der Waals surface area contributed by atoms with Crippen LogP contribution in [0.5, 0.6) is 5.75 Å². The molecule has 4 nitrogen and oxygen atoms in total. The van der Waals surface area contributed by atoms with E-state index in [1.54, 1.807) is 7.11 Å². The van der Waals surface area contributed by atoms with Crippen LogP contribution in [0, 0.1) is 0 Å². The van der Waals surface area contributed by atoms with Gasteiger partial charge in [-0.15, -0.1) is 6.58 Å². The molecular formula is C22H27NO3. The molecule has 0 aromatic heterocycles. The van der Waals surface area contributed by atoms with Gasteiger partial charge in [0.25, 0.3) is 0 Å². The maximum atomic E-state index is 10.6. The number of ether oxygens (including phenoxy) is 2. The van der Waals surface area contributed by atoms with E-state index in [0.717, 1.165) is 24.3 Å². The zero-order valence-electron chi connectivity index (χ0n) is 15.3. The smallest absolute Gasteiger partial charge is 0.118 e. The Labute approximate surface area is 155 Å². The molecule has 0 aliphatic carbocycles. The van der Waals surface area contributed by atoms with Gasteiger partial charge in [-0.1, -0.05) is 48.5 Å². The summed E-state index contributed by atoms with van der Waals surface area (Å²) in [6.07, 6.45) is 1.97. The van der Waals surface area contributed by atoms with E-state index in [1.807, 2.05) is 48.5 Å². The molecule has 138 valence electrons. The maximum Gasteiger partial charge on any atom is 0.118 e. The topological polar surface area (TPSA) is 41.9 Å². The molecule has 1 saturated heterocycles. The van der Waals surface area contributed by atoms with E-state index in [9.17, 15) is 5.11 Å². The Morgan fingerprint density at radius 2 is 1.85 bits per heavy atom. The van der Waals surface area contributed by atoms with Gasteiger partial charge in [0, 0.05) is 19.1 Å². The van der Waals surface area contributed by atoms with E-state index in [0.29, 0.717) is 13.2 Å². The Kier molecular flexibility index (Phi) is 6.45. The first-order chi connectivity index (χ1) is 12.7. The third-order valence-corrected chi connectivity index (χ3v) is 4.89. The number of hydrogen-bond donors (Lipinski definition) is 1. The highest BCUT2D eigenvalue weighted by atomic mass is 16.5. The minimum Gasteiger partial charge on any atom is -0.497 e. The minimum absolute atomic E-state index is 0.126. The van der Waals surface area contributed by atoms with Crippen molar-refractivity contribution in [3.05, 3.63) is 78.4 Å². The van der Waals surface area contributed by atoms with Crippen molar-refractivity contribution in [1.82, 2.24) is 4.90 Å². The summed E-state index contributed by atoms with van der Waals surface area (Å²) in [7, 11) is 1.65. The van der Waals surface area contributed by atoms with Crippen LogP contribution >= 0.6 is 0 Å². The first-order valence-corrected chi connectivity index (χ1v) is 9.02. The van der Waals surface area contributed by atoms with Gasteiger partial charge in [0.2, 0.25) is 0 Å². The molecule has 0 radical (unpaired) electrons. The van der Waals surface area contributed by atoms with Crippen LogP contribution in [0.4, 0.5) is 0 Å². The lowest BCUT2D eigenvalue weighted by Crippen LogP contribution is -2.37. The molecule has 0 unspecified atom stereocenters. The summed E-state index contributed by atoms with van der Waals surface area (Å²) in [5.41, 5.74) is 2.31. The molecule has 26 heavy (non-hydrogen) atoms. The molecule has 2 aromatic carbocycles. The molecular weight excluding hydrogens is 326 g/mol. The van der Waals surface area contributed by atoms with Gasteiger partial charge in [0.1, 0.15) is 11.9 Å². The molecule has 0 amide bonds. The number of β-amino-alcohol motifs (C(OH)–C–C–N with tert-alkyl or cyclic N) is 1. The highest BCUT2D eigenvalue weighted by Crippen LogP contribution is 2.27. The number of hydrogen-bond acceptors (Lipinski definition) is 4. The van der Waals surface area contributed by atoms with Crippen LogP contribution < -0.4 is 4.74 Å². The quantitative estimate of drug-likeness (QED) is 0.739. The molecule has 1 heterocycles. The lowest BCUT2D eigenvalue weighted by atomic mass is 10.1. The predicted octanol–water partition coefficient (Wildman–Crippen LogP) is 3.40. The number of benzene rings is 2. The van der Waals surface area contributed by atoms with Crippen molar-refractivity contribution in [2.45, 2.75) is 37.8 Å². The summed E-state index contributed by atoms with van der Waals surface area (Å²) < 4.78 is 11.3. The Morgan fingerprint density at radius 1 is 1.12 bits per heavy atom. The second kappa shape index (κ2) is 8.99. The van der Waals surface area contributed by atoms with E-state index in [4.69, 9.17) is 9.47 Å². The number of rotatable bonds is 8. The van der Waals surface area contributed by atoms with Crippen molar-refractivity contribution < 1.29 is 14.6 Å². The van der Waals surface area contributed by atoms with Crippen molar-refractivity contribution in [2.75, 3.05) is 13.7 Å². The van der Waals surface area contributed by atoms with Gasteiger partial charge in [0.15, 0.2) is 0 Å². The molecule has 0 bridgehead atoms. The number of nitrogens with zero attached hydrogens (tertiary/aromatic N) is 1. The van der Waals surface area contributed by atoms with Gasteiger partial charge in [0.05, 0.1) is 19.8 Å². The zero-order valence-corrected chi connectivity index (χ0v) is 15.3. The Bertz CT molecular complexity index is 686. The SMILES string of the molecule is C=CC[C@H]1[C@@H](OCc2ccc(OC)cc2)[C@H](O)CN1Cc1ccccc1. The molecule has 3 rings (SSSR count). The van der Waals surface area contributed by atoms with Crippen molar-refractivity contribution in [3.63, 3.8) is 0 Å². The first kappa shape index (κ1) is 18.6. The second-order valence-electron chi connectivity index (χ2n) is 6.70. The summed E-state index contributed by atoms with van der Waals surface area (Å²) in [6.45, 7) is 5.77. The maximum absolute atomic E-state index is 10.6. The first-order valence-electron chi connectivity index (χ1n) is 9.02. The Balaban J connectivity index is 1.65. The van der Waals surface area contributed by atoms with E-state index < -0.39 is 6.10 Å². The van der Waals surface area contributed by atoms with Crippen molar-refractivity contribution >= 4 is 0 Å². The van der Waals surface area contributed by atoms with Crippen LogP contribution in [-0.2, 0) is 17.9 Å². The van der Waals surface area contributed by atoms with E-state index in [1.165, 1.54) is 5.56 Å². The zero-order chi connectivity index (χ0) is 18.4. The lowest BCUT2D eigenvalue weighted by molar-refractivity contribution is -0.0359. The van der Waals surface area contributed by atoms with Gasteiger partial charge >= 0.3 is 0 Å².